The molecule has 3 N–H and O–H groups in total. The zero-order valence-electron chi connectivity index (χ0n) is 8.36. The highest BCUT2D eigenvalue weighted by molar-refractivity contribution is 7.98. The van der Waals surface area contributed by atoms with Gasteiger partial charge in [-0.15, -0.1) is 11.8 Å². The van der Waals surface area contributed by atoms with E-state index in [1.807, 2.05) is 0 Å². The van der Waals surface area contributed by atoms with Crippen LogP contribution in [0.4, 0.5) is 4.79 Å². The average Bonchev–Trinajstić information content (AvgIpc) is 2.14. The first-order chi connectivity index (χ1) is 7.04. The number of aromatic amines is 1. The number of aromatic nitrogens is 2. The van der Waals surface area contributed by atoms with E-state index in [1.54, 1.807) is 13.2 Å². The Morgan fingerprint density at radius 2 is 2.33 bits per heavy atom. The molecule has 1 rings (SSSR count). The van der Waals surface area contributed by atoms with Gasteiger partial charge in [-0.1, -0.05) is 0 Å². The van der Waals surface area contributed by atoms with Crippen LogP contribution in [0.25, 0.3) is 0 Å². The quantitative estimate of drug-likeness (QED) is 0.577. The van der Waals surface area contributed by atoms with Crippen molar-refractivity contribution in [3.63, 3.8) is 0 Å². The number of primary amides is 1. The van der Waals surface area contributed by atoms with Crippen molar-refractivity contribution in [1.82, 2.24) is 9.97 Å². The van der Waals surface area contributed by atoms with Crippen molar-refractivity contribution in [3.8, 4) is 0 Å². The standard InChI is InChI=1S/C8H11N3O3S/c1-4-10-6(12)5(3-14-8(9)13)7(11-4)15-2/h3H2,1-2H3,(H2,9,13)(H,10,11,12). The maximum Gasteiger partial charge on any atom is 0.404 e. The Kier molecular flexibility index (Phi) is 3.73. The number of carbonyl (C=O) groups excluding carboxylic acids is 1. The number of thioether (sulfide) groups is 1. The number of rotatable bonds is 3. The SMILES string of the molecule is CSc1nc(C)[nH]c(=O)c1COC(N)=O. The van der Waals surface area contributed by atoms with Crippen LogP contribution in [-0.2, 0) is 11.3 Å². The van der Waals surface area contributed by atoms with E-state index in [4.69, 9.17) is 5.73 Å². The molecule has 7 heteroatoms. The lowest BCUT2D eigenvalue weighted by Gasteiger charge is -2.05. The van der Waals surface area contributed by atoms with Crippen LogP contribution in [0.3, 0.4) is 0 Å². The van der Waals surface area contributed by atoms with Gasteiger partial charge in [0.1, 0.15) is 17.5 Å². The summed E-state index contributed by atoms with van der Waals surface area (Å²) >= 11 is 1.31. The molecular weight excluding hydrogens is 218 g/mol. The van der Waals surface area contributed by atoms with Gasteiger partial charge in [-0.2, -0.15) is 0 Å². The third-order valence-electron chi connectivity index (χ3n) is 1.65. The van der Waals surface area contributed by atoms with Crippen molar-refractivity contribution in [2.75, 3.05) is 6.26 Å². The van der Waals surface area contributed by atoms with E-state index in [0.29, 0.717) is 16.4 Å². The van der Waals surface area contributed by atoms with Gasteiger partial charge in [-0.05, 0) is 13.2 Å². The first-order valence-corrected chi connectivity index (χ1v) is 5.33. The topological polar surface area (TPSA) is 98.1 Å². The normalized spacial score (nSPS) is 10.0. The molecule has 0 fully saturated rings. The van der Waals surface area contributed by atoms with Gasteiger partial charge in [0.05, 0.1) is 5.56 Å². The molecular formula is C8H11N3O3S. The second-order valence-corrected chi connectivity index (χ2v) is 3.54. The third-order valence-corrected chi connectivity index (χ3v) is 2.37. The molecule has 0 aliphatic heterocycles. The molecule has 0 aliphatic rings. The van der Waals surface area contributed by atoms with Gasteiger partial charge in [0.2, 0.25) is 0 Å². The molecule has 1 amide bonds. The summed E-state index contributed by atoms with van der Waals surface area (Å²) < 4.78 is 4.56. The Balaban J connectivity index is 3.04. The number of ether oxygens (including phenoxy) is 1. The van der Waals surface area contributed by atoms with Gasteiger partial charge in [0, 0.05) is 0 Å². The first-order valence-electron chi connectivity index (χ1n) is 4.10. The molecule has 0 spiro atoms. The second kappa shape index (κ2) is 4.83. The minimum Gasteiger partial charge on any atom is -0.445 e. The Morgan fingerprint density at radius 3 is 2.87 bits per heavy atom. The molecule has 0 radical (unpaired) electrons. The maximum atomic E-state index is 11.5. The Bertz CT molecular complexity index is 430. The number of hydrogen-bond acceptors (Lipinski definition) is 5. The number of aryl methyl sites for hydroxylation is 1. The van der Waals surface area contributed by atoms with Crippen LogP contribution < -0.4 is 11.3 Å². The number of amides is 1. The molecule has 1 heterocycles. The summed E-state index contributed by atoms with van der Waals surface area (Å²) in [5.74, 6) is 0.521. The van der Waals surface area contributed by atoms with E-state index in [-0.39, 0.29) is 12.2 Å². The molecule has 0 aromatic carbocycles. The fraction of sp³-hybridized carbons (Fsp3) is 0.375. The Hall–Kier alpha value is -1.50. The molecule has 0 saturated carbocycles. The summed E-state index contributed by atoms with van der Waals surface area (Å²) in [6.45, 7) is 1.52. The van der Waals surface area contributed by atoms with Gasteiger partial charge in [-0.3, -0.25) is 4.79 Å². The van der Waals surface area contributed by atoms with Crippen molar-refractivity contribution in [1.29, 1.82) is 0 Å². The molecule has 0 aliphatic carbocycles. The molecule has 0 bridgehead atoms. The smallest absolute Gasteiger partial charge is 0.404 e. The molecule has 82 valence electrons. The number of carbonyl (C=O) groups is 1. The van der Waals surface area contributed by atoms with Gasteiger partial charge in [0.15, 0.2) is 0 Å². The van der Waals surface area contributed by atoms with Gasteiger partial charge >= 0.3 is 6.09 Å². The highest BCUT2D eigenvalue weighted by Gasteiger charge is 2.10. The van der Waals surface area contributed by atoms with Crippen molar-refractivity contribution < 1.29 is 9.53 Å². The van der Waals surface area contributed by atoms with Gasteiger partial charge in [0.25, 0.3) is 5.56 Å². The van der Waals surface area contributed by atoms with Crippen LogP contribution in [0.5, 0.6) is 0 Å². The van der Waals surface area contributed by atoms with Crippen LogP contribution in [0, 0.1) is 6.92 Å². The largest absolute Gasteiger partial charge is 0.445 e. The van der Waals surface area contributed by atoms with Crippen LogP contribution in [-0.4, -0.2) is 22.3 Å². The van der Waals surface area contributed by atoms with Crippen LogP contribution in [0.1, 0.15) is 11.4 Å². The molecule has 1 aromatic heterocycles. The molecule has 0 atom stereocenters. The highest BCUT2D eigenvalue weighted by Crippen LogP contribution is 2.14. The van der Waals surface area contributed by atoms with Crippen LogP contribution >= 0.6 is 11.8 Å². The average molecular weight is 229 g/mol. The Morgan fingerprint density at radius 1 is 1.67 bits per heavy atom. The number of H-pyrrole nitrogens is 1. The lowest BCUT2D eigenvalue weighted by Crippen LogP contribution is -2.21. The van der Waals surface area contributed by atoms with Crippen molar-refractivity contribution in [3.05, 3.63) is 21.7 Å². The van der Waals surface area contributed by atoms with E-state index in [0.717, 1.165) is 0 Å². The number of nitrogens with two attached hydrogens (primary N) is 1. The number of hydrogen-bond donors (Lipinski definition) is 2. The maximum absolute atomic E-state index is 11.5. The summed E-state index contributed by atoms with van der Waals surface area (Å²) in [5.41, 5.74) is 4.81. The zero-order valence-corrected chi connectivity index (χ0v) is 9.18. The fourth-order valence-corrected chi connectivity index (χ4v) is 1.65. The van der Waals surface area contributed by atoms with E-state index < -0.39 is 6.09 Å². The summed E-state index contributed by atoms with van der Waals surface area (Å²) in [7, 11) is 0. The lowest BCUT2D eigenvalue weighted by molar-refractivity contribution is 0.148. The number of nitrogens with one attached hydrogen (secondary N) is 1. The molecule has 15 heavy (non-hydrogen) atoms. The molecule has 0 unspecified atom stereocenters. The van der Waals surface area contributed by atoms with Crippen LogP contribution in [0.2, 0.25) is 0 Å². The predicted octanol–water partition coefficient (Wildman–Crippen LogP) is 0.396. The van der Waals surface area contributed by atoms with Crippen LogP contribution in [0.15, 0.2) is 9.82 Å². The number of nitrogens with zero attached hydrogens (tertiary/aromatic N) is 1. The van der Waals surface area contributed by atoms with E-state index in [1.165, 1.54) is 11.8 Å². The fourth-order valence-electron chi connectivity index (χ4n) is 1.02. The minimum absolute atomic E-state index is 0.159. The van der Waals surface area contributed by atoms with Crippen molar-refractivity contribution >= 4 is 17.9 Å². The van der Waals surface area contributed by atoms with Crippen molar-refractivity contribution in [2.45, 2.75) is 18.6 Å². The van der Waals surface area contributed by atoms with E-state index in [2.05, 4.69) is 14.7 Å². The van der Waals surface area contributed by atoms with Gasteiger partial charge < -0.3 is 15.5 Å². The summed E-state index contributed by atoms with van der Waals surface area (Å²) in [4.78, 5) is 28.5. The Labute approximate surface area is 90.2 Å². The van der Waals surface area contributed by atoms with Gasteiger partial charge in [-0.25, -0.2) is 9.78 Å². The summed E-state index contributed by atoms with van der Waals surface area (Å²) in [5, 5.41) is 0.539. The summed E-state index contributed by atoms with van der Waals surface area (Å²) in [6, 6.07) is 0. The molecule has 1 aromatic rings. The summed E-state index contributed by atoms with van der Waals surface area (Å²) in [6.07, 6.45) is 0.872. The molecule has 6 nitrogen and oxygen atoms in total. The van der Waals surface area contributed by atoms with E-state index in [9.17, 15) is 9.59 Å². The second-order valence-electron chi connectivity index (χ2n) is 2.75. The highest BCUT2D eigenvalue weighted by atomic mass is 32.2. The first kappa shape index (κ1) is 11.6. The third kappa shape index (κ3) is 2.98. The molecule has 0 saturated heterocycles. The van der Waals surface area contributed by atoms with Crippen molar-refractivity contribution in [2.24, 2.45) is 5.73 Å². The minimum atomic E-state index is -0.915. The zero-order chi connectivity index (χ0) is 11.4. The van der Waals surface area contributed by atoms with E-state index >= 15 is 0 Å². The monoisotopic (exact) mass is 229 g/mol. The lowest BCUT2D eigenvalue weighted by atomic mass is 10.3. The predicted molar refractivity (Wildman–Crippen MR) is 55.7 cm³/mol.